The fourth-order valence-electron chi connectivity index (χ4n) is 2.92. The molecular weight excluding hydrogens is 262 g/mol. The van der Waals surface area contributed by atoms with E-state index in [-0.39, 0.29) is 0 Å². The number of ether oxygens (including phenoxy) is 2. The summed E-state index contributed by atoms with van der Waals surface area (Å²) in [4.78, 5) is 2.36. The minimum absolute atomic E-state index is 0.291. The SMILES string of the molecule is COc1ccc2c(c1)[C@@H](C)N([C@H](C)c1ccccc1)CO2. The summed E-state index contributed by atoms with van der Waals surface area (Å²) in [6.45, 7) is 5.05. The molecule has 0 radical (unpaired) electrons. The molecule has 110 valence electrons. The van der Waals surface area contributed by atoms with Gasteiger partial charge >= 0.3 is 0 Å². The van der Waals surface area contributed by atoms with Crippen molar-refractivity contribution in [3.63, 3.8) is 0 Å². The summed E-state index contributed by atoms with van der Waals surface area (Å²) in [6, 6.07) is 17.2. The molecule has 0 aliphatic carbocycles. The summed E-state index contributed by atoms with van der Waals surface area (Å²) in [5, 5.41) is 0. The Bertz CT molecular complexity index is 612. The molecule has 0 saturated carbocycles. The molecular formula is C18H21NO2. The Labute approximate surface area is 126 Å². The Balaban J connectivity index is 1.89. The molecule has 3 nitrogen and oxygen atoms in total. The molecule has 0 unspecified atom stereocenters. The van der Waals surface area contributed by atoms with Crippen LogP contribution in [0.15, 0.2) is 48.5 Å². The van der Waals surface area contributed by atoms with Gasteiger partial charge in [0.25, 0.3) is 0 Å². The molecule has 3 rings (SSSR count). The van der Waals surface area contributed by atoms with Gasteiger partial charge in [-0.1, -0.05) is 30.3 Å². The zero-order valence-electron chi connectivity index (χ0n) is 12.7. The van der Waals surface area contributed by atoms with Gasteiger partial charge in [0.1, 0.15) is 18.2 Å². The minimum Gasteiger partial charge on any atom is -0.497 e. The van der Waals surface area contributed by atoms with E-state index in [2.05, 4.69) is 49.1 Å². The Morgan fingerprint density at radius 3 is 2.67 bits per heavy atom. The molecule has 0 amide bonds. The lowest BCUT2D eigenvalue weighted by Gasteiger charge is -2.39. The second kappa shape index (κ2) is 5.78. The predicted octanol–water partition coefficient (Wildman–Crippen LogP) is 4.17. The molecule has 1 aliphatic heterocycles. The van der Waals surface area contributed by atoms with E-state index in [1.807, 2.05) is 18.2 Å². The van der Waals surface area contributed by atoms with Crippen molar-refractivity contribution in [2.45, 2.75) is 25.9 Å². The molecule has 21 heavy (non-hydrogen) atoms. The third-order valence-electron chi connectivity index (χ3n) is 4.31. The van der Waals surface area contributed by atoms with Crippen molar-refractivity contribution >= 4 is 0 Å². The summed E-state index contributed by atoms with van der Waals surface area (Å²) in [6.07, 6.45) is 0. The monoisotopic (exact) mass is 283 g/mol. The Morgan fingerprint density at radius 2 is 1.95 bits per heavy atom. The maximum Gasteiger partial charge on any atom is 0.143 e. The van der Waals surface area contributed by atoms with Crippen molar-refractivity contribution < 1.29 is 9.47 Å². The lowest BCUT2D eigenvalue weighted by atomic mass is 10.00. The predicted molar refractivity (Wildman–Crippen MR) is 83.6 cm³/mol. The number of methoxy groups -OCH3 is 1. The fraction of sp³-hybridized carbons (Fsp3) is 0.333. The quantitative estimate of drug-likeness (QED) is 0.844. The molecule has 1 heterocycles. The highest BCUT2D eigenvalue weighted by Gasteiger charge is 2.29. The van der Waals surface area contributed by atoms with E-state index in [4.69, 9.17) is 9.47 Å². The largest absolute Gasteiger partial charge is 0.497 e. The van der Waals surface area contributed by atoms with E-state index in [1.165, 1.54) is 11.1 Å². The van der Waals surface area contributed by atoms with Crippen molar-refractivity contribution in [2.75, 3.05) is 13.8 Å². The topological polar surface area (TPSA) is 21.7 Å². The lowest BCUT2D eigenvalue weighted by molar-refractivity contribution is 0.0319. The number of fused-ring (bicyclic) bond motifs is 1. The molecule has 3 heteroatoms. The van der Waals surface area contributed by atoms with E-state index in [1.54, 1.807) is 7.11 Å². The highest BCUT2D eigenvalue weighted by Crippen LogP contribution is 2.39. The van der Waals surface area contributed by atoms with E-state index in [0.717, 1.165) is 11.5 Å². The first-order valence-electron chi connectivity index (χ1n) is 7.32. The van der Waals surface area contributed by atoms with Gasteiger partial charge in [-0.15, -0.1) is 0 Å². The standard InChI is InChI=1S/C18H21NO2/c1-13(15-7-5-4-6-8-15)19-12-21-18-10-9-16(20-3)11-17(18)14(19)2/h4-11,13-14H,12H2,1-3H3/t13-,14-/m1/s1. The van der Waals surface area contributed by atoms with Gasteiger partial charge in [-0.05, 0) is 37.6 Å². The van der Waals surface area contributed by atoms with E-state index < -0.39 is 0 Å². The molecule has 0 saturated heterocycles. The van der Waals surface area contributed by atoms with Gasteiger partial charge < -0.3 is 9.47 Å². The Hall–Kier alpha value is -2.00. The van der Waals surface area contributed by atoms with Crippen LogP contribution in [-0.2, 0) is 0 Å². The first-order valence-corrected chi connectivity index (χ1v) is 7.32. The maximum absolute atomic E-state index is 5.92. The highest BCUT2D eigenvalue weighted by molar-refractivity contribution is 5.43. The number of nitrogens with zero attached hydrogens (tertiary/aromatic N) is 1. The second-order valence-corrected chi connectivity index (χ2v) is 5.45. The van der Waals surface area contributed by atoms with Crippen LogP contribution in [-0.4, -0.2) is 18.7 Å². The van der Waals surface area contributed by atoms with Crippen molar-refractivity contribution in [1.29, 1.82) is 0 Å². The van der Waals surface area contributed by atoms with Crippen LogP contribution in [0.25, 0.3) is 0 Å². The summed E-state index contributed by atoms with van der Waals surface area (Å²) >= 11 is 0. The van der Waals surface area contributed by atoms with E-state index >= 15 is 0 Å². The summed E-state index contributed by atoms with van der Waals surface area (Å²) in [7, 11) is 1.69. The second-order valence-electron chi connectivity index (χ2n) is 5.45. The molecule has 1 aliphatic rings. The molecule has 2 aromatic rings. The van der Waals surface area contributed by atoms with Crippen LogP contribution >= 0.6 is 0 Å². The number of benzene rings is 2. The number of hydrogen-bond acceptors (Lipinski definition) is 3. The van der Waals surface area contributed by atoms with Crippen LogP contribution in [0.5, 0.6) is 11.5 Å². The molecule has 0 spiro atoms. The van der Waals surface area contributed by atoms with Crippen molar-refractivity contribution in [2.24, 2.45) is 0 Å². The molecule has 0 fully saturated rings. The molecule has 0 N–H and O–H groups in total. The zero-order chi connectivity index (χ0) is 14.8. The van der Waals surface area contributed by atoms with Crippen molar-refractivity contribution in [1.82, 2.24) is 4.90 Å². The Morgan fingerprint density at radius 1 is 1.19 bits per heavy atom. The van der Waals surface area contributed by atoms with E-state index in [9.17, 15) is 0 Å². The number of rotatable bonds is 3. The molecule has 0 bridgehead atoms. The zero-order valence-corrected chi connectivity index (χ0v) is 12.7. The summed E-state index contributed by atoms with van der Waals surface area (Å²) in [5.41, 5.74) is 2.49. The van der Waals surface area contributed by atoms with Crippen LogP contribution in [0.1, 0.15) is 37.1 Å². The third-order valence-corrected chi connectivity index (χ3v) is 4.31. The van der Waals surface area contributed by atoms with E-state index in [0.29, 0.717) is 18.8 Å². The fourth-order valence-corrected chi connectivity index (χ4v) is 2.92. The first-order chi connectivity index (χ1) is 10.2. The van der Waals surface area contributed by atoms with Crippen molar-refractivity contribution in [3.05, 3.63) is 59.7 Å². The molecule has 2 aromatic carbocycles. The maximum atomic E-state index is 5.92. The summed E-state index contributed by atoms with van der Waals surface area (Å²) in [5.74, 6) is 1.83. The lowest BCUT2D eigenvalue weighted by Crippen LogP contribution is -2.37. The highest BCUT2D eigenvalue weighted by atomic mass is 16.5. The van der Waals surface area contributed by atoms with Crippen LogP contribution in [0.3, 0.4) is 0 Å². The van der Waals surface area contributed by atoms with Gasteiger partial charge in [-0.25, -0.2) is 0 Å². The van der Waals surface area contributed by atoms with Crippen LogP contribution in [0, 0.1) is 0 Å². The van der Waals surface area contributed by atoms with Gasteiger partial charge in [0.15, 0.2) is 0 Å². The average Bonchev–Trinajstić information content (AvgIpc) is 2.55. The van der Waals surface area contributed by atoms with Gasteiger partial charge in [0.2, 0.25) is 0 Å². The first kappa shape index (κ1) is 14.0. The van der Waals surface area contributed by atoms with Gasteiger partial charge in [-0.3, -0.25) is 4.90 Å². The molecule has 0 aromatic heterocycles. The van der Waals surface area contributed by atoms with Crippen LogP contribution in [0.4, 0.5) is 0 Å². The van der Waals surface area contributed by atoms with Crippen LogP contribution in [0.2, 0.25) is 0 Å². The van der Waals surface area contributed by atoms with Crippen LogP contribution < -0.4 is 9.47 Å². The van der Waals surface area contributed by atoms with Gasteiger partial charge in [-0.2, -0.15) is 0 Å². The number of hydrogen-bond donors (Lipinski definition) is 0. The molecule has 2 atom stereocenters. The average molecular weight is 283 g/mol. The normalized spacial score (nSPS) is 19.5. The third kappa shape index (κ3) is 2.61. The smallest absolute Gasteiger partial charge is 0.143 e. The minimum atomic E-state index is 0.291. The summed E-state index contributed by atoms with van der Waals surface area (Å²) < 4.78 is 11.3. The van der Waals surface area contributed by atoms with Gasteiger partial charge in [0.05, 0.1) is 7.11 Å². The van der Waals surface area contributed by atoms with Gasteiger partial charge in [0, 0.05) is 17.6 Å². The van der Waals surface area contributed by atoms with Crippen molar-refractivity contribution in [3.8, 4) is 11.5 Å². The Kier molecular flexibility index (Phi) is 3.84.